The molecule has 0 amide bonds. The van der Waals surface area contributed by atoms with E-state index in [1.807, 2.05) is 0 Å². The van der Waals surface area contributed by atoms with Gasteiger partial charge in [-0.1, -0.05) is 38.0 Å². The lowest BCUT2D eigenvalue weighted by atomic mass is 9.69. The van der Waals surface area contributed by atoms with Crippen LogP contribution in [0.15, 0.2) is 18.2 Å². The number of rotatable bonds is 4. The van der Waals surface area contributed by atoms with Crippen molar-refractivity contribution in [2.24, 2.45) is 11.8 Å². The number of aryl methyl sites for hydroxylation is 1. The predicted octanol–water partition coefficient (Wildman–Crippen LogP) is 4.43. The maximum absolute atomic E-state index is 3.40. The fourth-order valence-electron chi connectivity index (χ4n) is 3.75. The minimum Gasteiger partial charge on any atom is -0.319 e. The van der Waals surface area contributed by atoms with Crippen molar-refractivity contribution in [2.45, 2.75) is 52.4 Å². The Bertz CT molecular complexity index is 410. The first kappa shape index (κ1) is 14.6. The summed E-state index contributed by atoms with van der Waals surface area (Å²) in [6, 6.07) is 6.85. The Morgan fingerprint density at radius 1 is 1.21 bits per heavy atom. The molecule has 1 nitrogen and oxygen atoms in total. The molecule has 1 N–H and O–H groups in total. The highest BCUT2D eigenvalue weighted by molar-refractivity contribution is 5.36. The Hall–Kier alpha value is -0.820. The minimum atomic E-state index is 0.756. The maximum Gasteiger partial charge on any atom is -0.00177 e. The molecule has 0 aliphatic heterocycles. The van der Waals surface area contributed by atoms with Crippen molar-refractivity contribution in [1.29, 1.82) is 0 Å². The van der Waals surface area contributed by atoms with E-state index >= 15 is 0 Å². The van der Waals surface area contributed by atoms with Crippen molar-refractivity contribution < 1.29 is 0 Å². The maximum atomic E-state index is 3.40. The lowest BCUT2D eigenvalue weighted by Crippen LogP contribution is -2.31. The van der Waals surface area contributed by atoms with Gasteiger partial charge < -0.3 is 5.32 Å². The molecule has 0 bridgehead atoms. The van der Waals surface area contributed by atoms with E-state index in [0.29, 0.717) is 0 Å². The van der Waals surface area contributed by atoms with E-state index in [4.69, 9.17) is 0 Å². The topological polar surface area (TPSA) is 12.0 Å². The van der Waals surface area contributed by atoms with Crippen LogP contribution in [0, 0.1) is 25.7 Å². The van der Waals surface area contributed by atoms with Crippen molar-refractivity contribution in [3.63, 3.8) is 0 Å². The number of nitrogens with one attached hydrogen (secondary N) is 1. The molecule has 1 heteroatoms. The van der Waals surface area contributed by atoms with Gasteiger partial charge in [0.2, 0.25) is 0 Å². The first-order valence-electron chi connectivity index (χ1n) is 7.88. The zero-order valence-corrected chi connectivity index (χ0v) is 13.0. The third-order valence-electron chi connectivity index (χ3n) is 5.19. The number of benzene rings is 1. The highest BCUT2D eigenvalue weighted by atomic mass is 14.8. The molecule has 2 rings (SSSR count). The van der Waals surface area contributed by atoms with Crippen LogP contribution in [-0.2, 0) is 0 Å². The van der Waals surface area contributed by atoms with E-state index < -0.39 is 0 Å². The monoisotopic (exact) mass is 259 g/mol. The molecular formula is C18H29N. The van der Waals surface area contributed by atoms with Crippen LogP contribution < -0.4 is 5.32 Å². The van der Waals surface area contributed by atoms with E-state index in [0.717, 1.165) is 24.3 Å². The Morgan fingerprint density at radius 3 is 2.68 bits per heavy atom. The van der Waals surface area contributed by atoms with Gasteiger partial charge in [0, 0.05) is 0 Å². The third-order valence-corrected chi connectivity index (χ3v) is 5.19. The van der Waals surface area contributed by atoms with Crippen LogP contribution in [-0.4, -0.2) is 13.6 Å². The van der Waals surface area contributed by atoms with Gasteiger partial charge in [0.25, 0.3) is 0 Å². The van der Waals surface area contributed by atoms with Gasteiger partial charge >= 0.3 is 0 Å². The summed E-state index contributed by atoms with van der Waals surface area (Å²) in [6.45, 7) is 8.06. The fraction of sp³-hybridized carbons (Fsp3) is 0.667. The molecule has 19 heavy (non-hydrogen) atoms. The molecule has 1 aliphatic rings. The molecular weight excluding hydrogens is 230 g/mol. The van der Waals surface area contributed by atoms with Gasteiger partial charge in [0.15, 0.2) is 0 Å². The predicted molar refractivity (Wildman–Crippen MR) is 83.7 cm³/mol. The Balaban J connectivity index is 2.27. The van der Waals surface area contributed by atoms with Gasteiger partial charge in [-0.05, 0) is 74.7 Å². The smallest absolute Gasteiger partial charge is 0.00177 e. The van der Waals surface area contributed by atoms with Gasteiger partial charge in [-0.3, -0.25) is 0 Å². The van der Waals surface area contributed by atoms with Crippen LogP contribution in [0.3, 0.4) is 0 Å². The van der Waals surface area contributed by atoms with Gasteiger partial charge in [0.05, 0.1) is 0 Å². The summed E-state index contributed by atoms with van der Waals surface area (Å²) in [5, 5.41) is 3.40. The van der Waals surface area contributed by atoms with Gasteiger partial charge in [-0.25, -0.2) is 0 Å². The molecule has 3 unspecified atom stereocenters. The molecule has 0 spiro atoms. The van der Waals surface area contributed by atoms with Crippen LogP contribution in [0.4, 0.5) is 0 Å². The SMILES string of the molecule is CCC1CCC(CNC)C(c2cccc(C)c2C)C1. The summed E-state index contributed by atoms with van der Waals surface area (Å²) < 4.78 is 0. The third kappa shape index (κ3) is 3.20. The molecule has 1 saturated carbocycles. The summed E-state index contributed by atoms with van der Waals surface area (Å²) in [5.74, 6) is 2.50. The van der Waals surface area contributed by atoms with Crippen LogP contribution in [0.2, 0.25) is 0 Å². The van der Waals surface area contributed by atoms with E-state index in [1.165, 1.54) is 36.8 Å². The van der Waals surface area contributed by atoms with Crippen LogP contribution in [0.5, 0.6) is 0 Å². The fourth-order valence-corrected chi connectivity index (χ4v) is 3.75. The van der Waals surface area contributed by atoms with Gasteiger partial charge in [-0.15, -0.1) is 0 Å². The molecule has 1 aliphatic carbocycles. The average molecular weight is 259 g/mol. The number of hydrogen-bond acceptors (Lipinski definition) is 1. The summed E-state index contributed by atoms with van der Waals surface area (Å²) >= 11 is 0. The highest BCUT2D eigenvalue weighted by Gasteiger charge is 2.31. The lowest BCUT2D eigenvalue weighted by molar-refractivity contribution is 0.228. The minimum absolute atomic E-state index is 0.756. The van der Waals surface area contributed by atoms with Crippen LogP contribution in [0.25, 0.3) is 0 Å². The molecule has 1 aromatic carbocycles. The van der Waals surface area contributed by atoms with Crippen molar-refractivity contribution in [3.8, 4) is 0 Å². The molecule has 0 radical (unpaired) electrons. The second-order valence-corrected chi connectivity index (χ2v) is 6.30. The molecule has 0 saturated heterocycles. The Kier molecular flexibility index (Phi) is 5.04. The molecule has 1 fully saturated rings. The summed E-state index contributed by atoms with van der Waals surface area (Å²) in [6.07, 6.45) is 5.53. The highest BCUT2D eigenvalue weighted by Crippen LogP contribution is 2.42. The first-order valence-corrected chi connectivity index (χ1v) is 7.88. The van der Waals surface area contributed by atoms with Crippen molar-refractivity contribution in [1.82, 2.24) is 5.32 Å². The van der Waals surface area contributed by atoms with Crippen molar-refractivity contribution in [2.75, 3.05) is 13.6 Å². The van der Waals surface area contributed by atoms with E-state index in [1.54, 1.807) is 5.56 Å². The quantitative estimate of drug-likeness (QED) is 0.843. The second-order valence-electron chi connectivity index (χ2n) is 6.30. The lowest BCUT2D eigenvalue weighted by Gasteiger charge is -2.37. The van der Waals surface area contributed by atoms with Crippen LogP contribution >= 0.6 is 0 Å². The molecule has 106 valence electrons. The van der Waals surface area contributed by atoms with Crippen molar-refractivity contribution in [3.05, 3.63) is 34.9 Å². The largest absolute Gasteiger partial charge is 0.319 e. The van der Waals surface area contributed by atoms with Crippen molar-refractivity contribution >= 4 is 0 Å². The zero-order valence-electron chi connectivity index (χ0n) is 13.0. The zero-order chi connectivity index (χ0) is 13.8. The van der Waals surface area contributed by atoms with E-state index in [2.05, 4.69) is 51.3 Å². The number of hydrogen-bond donors (Lipinski definition) is 1. The van der Waals surface area contributed by atoms with Crippen LogP contribution in [0.1, 0.15) is 55.2 Å². The standard InChI is InChI=1S/C18H29N/c1-5-15-9-10-16(12-19-4)18(11-15)17-8-6-7-13(2)14(17)3/h6-8,15-16,18-19H,5,9-12H2,1-4H3. The Morgan fingerprint density at radius 2 is 2.00 bits per heavy atom. The second kappa shape index (κ2) is 6.56. The van der Waals surface area contributed by atoms with E-state index in [-0.39, 0.29) is 0 Å². The average Bonchev–Trinajstić information content (AvgIpc) is 2.43. The molecule has 3 atom stereocenters. The summed E-state index contributed by atoms with van der Waals surface area (Å²) in [5.41, 5.74) is 4.57. The summed E-state index contributed by atoms with van der Waals surface area (Å²) in [7, 11) is 2.09. The first-order chi connectivity index (χ1) is 9.17. The van der Waals surface area contributed by atoms with E-state index in [9.17, 15) is 0 Å². The molecule has 0 heterocycles. The Labute approximate surface area is 118 Å². The molecule has 0 aromatic heterocycles. The van der Waals surface area contributed by atoms with Gasteiger partial charge in [0.1, 0.15) is 0 Å². The van der Waals surface area contributed by atoms with Gasteiger partial charge in [-0.2, -0.15) is 0 Å². The summed E-state index contributed by atoms with van der Waals surface area (Å²) in [4.78, 5) is 0. The molecule has 1 aromatic rings. The normalized spacial score (nSPS) is 27.5.